The van der Waals surface area contributed by atoms with Crippen molar-refractivity contribution in [3.05, 3.63) is 66.0 Å². The highest BCUT2D eigenvalue weighted by atomic mass is 16.2. The second kappa shape index (κ2) is 7.79. The molecule has 3 aliphatic heterocycles. The lowest BCUT2D eigenvalue weighted by atomic mass is 9.70. The van der Waals surface area contributed by atoms with Gasteiger partial charge in [0.1, 0.15) is 5.65 Å². The average Bonchev–Trinajstić information content (AvgIpc) is 3.20. The van der Waals surface area contributed by atoms with E-state index in [1.165, 1.54) is 29.4 Å². The molecule has 1 N–H and O–H groups in total. The Bertz CT molecular complexity index is 1080. The maximum atomic E-state index is 13.0. The maximum absolute atomic E-state index is 13.0. The molecule has 4 atom stereocenters. The molecular weight excluding hydrogens is 384 g/mol. The Morgan fingerprint density at radius 2 is 1.94 bits per heavy atom. The predicted molar refractivity (Wildman–Crippen MR) is 121 cm³/mol. The number of hydrogen-bond donors (Lipinski definition) is 1. The minimum absolute atomic E-state index is 0.323. The van der Waals surface area contributed by atoms with Crippen molar-refractivity contribution in [1.82, 2.24) is 19.8 Å². The van der Waals surface area contributed by atoms with Crippen LogP contribution in [0.25, 0.3) is 11.0 Å². The van der Waals surface area contributed by atoms with Gasteiger partial charge in [0.15, 0.2) is 0 Å². The molecule has 2 aromatic heterocycles. The number of pyridine rings is 1. The highest BCUT2D eigenvalue weighted by Crippen LogP contribution is 2.43. The van der Waals surface area contributed by atoms with Gasteiger partial charge in [0.25, 0.3) is 0 Å². The van der Waals surface area contributed by atoms with E-state index in [4.69, 9.17) is 0 Å². The number of amides is 1. The molecule has 3 aromatic rings. The molecule has 31 heavy (non-hydrogen) atoms. The van der Waals surface area contributed by atoms with Crippen LogP contribution in [0.5, 0.6) is 0 Å². The van der Waals surface area contributed by atoms with Crippen LogP contribution in [0, 0.1) is 11.8 Å². The Hall–Kier alpha value is -2.66. The molecule has 6 rings (SSSR count). The van der Waals surface area contributed by atoms with Crippen LogP contribution in [0.15, 0.2) is 54.9 Å². The van der Waals surface area contributed by atoms with Crippen LogP contribution in [-0.2, 0) is 17.8 Å². The number of hydrogen-bond acceptors (Lipinski definition) is 3. The summed E-state index contributed by atoms with van der Waals surface area (Å²) in [4.78, 5) is 25.8. The van der Waals surface area contributed by atoms with Gasteiger partial charge in [-0.3, -0.25) is 9.69 Å². The summed E-state index contributed by atoms with van der Waals surface area (Å²) in [6, 6.07) is 15.7. The van der Waals surface area contributed by atoms with Gasteiger partial charge in [-0.05, 0) is 60.8 Å². The first-order valence-electron chi connectivity index (χ1n) is 11.7. The average molecular weight is 415 g/mol. The zero-order chi connectivity index (χ0) is 20.8. The minimum atomic E-state index is 0.323. The Kier molecular flexibility index (Phi) is 4.79. The van der Waals surface area contributed by atoms with Crippen LogP contribution in [0.2, 0.25) is 0 Å². The number of rotatable bonds is 4. The normalized spacial score (nSPS) is 28.6. The van der Waals surface area contributed by atoms with Gasteiger partial charge in [-0.2, -0.15) is 0 Å². The van der Waals surface area contributed by atoms with Crippen LogP contribution < -0.4 is 0 Å². The van der Waals surface area contributed by atoms with E-state index in [0.29, 0.717) is 29.8 Å². The number of likely N-dealkylation sites (tertiary alicyclic amines) is 1. The Labute approximate surface area is 183 Å². The molecule has 0 aliphatic carbocycles. The number of H-pyrrole nitrogens is 1. The fourth-order valence-corrected chi connectivity index (χ4v) is 6.50. The zero-order valence-corrected chi connectivity index (χ0v) is 17.9. The van der Waals surface area contributed by atoms with E-state index in [1.807, 2.05) is 12.3 Å². The van der Waals surface area contributed by atoms with Gasteiger partial charge in [0.2, 0.25) is 5.91 Å². The number of carbonyl (C=O) groups excluding carboxylic acids is 1. The summed E-state index contributed by atoms with van der Waals surface area (Å²) in [5.74, 6) is 1.53. The number of aromatic nitrogens is 2. The molecule has 2 bridgehead atoms. The summed E-state index contributed by atoms with van der Waals surface area (Å²) in [7, 11) is 0. The minimum Gasteiger partial charge on any atom is -0.346 e. The van der Waals surface area contributed by atoms with E-state index < -0.39 is 0 Å². The number of carbonyl (C=O) groups is 1. The summed E-state index contributed by atoms with van der Waals surface area (Å²) >= 11 is 0. The highest BCUT2D eigenvalue weighted by Gasteiger charge is 2.49. The van der Waals surface area contributed by atoms with Gasteiger partial charge < -0.3 is 9.88 Å². The second-order valence-electron chi connectivity index (χ2n) is 9.68. The molecule has 0 saturated carbocycles. The number of benzene rings is 1. The lowest BCUT2D eigenvalue weighted by molar-refractivity contribution is -0.152. The molecule has 0 unspecified atom stereocenters. The van der Waals surface area contributed by atoms with E-state index in [1.54, 1.807) is 0 Å². The van der Waals surface area contributed by atoms with Gasteiger partial charge in [0, 0.05) is 55.9 Å². The van der Waals surface area contributed by atoms with Crippen LogP contribution >= 0.6 is 0 Å². The molecule has 3 saturated heterocycles. The molecule has 0 spiro atoms. The summed E-state index contributed by atoms with van der Waals surface area (Å²) in [5.41, 5.74) is 3.66. The summed E-state index contributed by atoms with van der Waals surface area (Å²) in [6.45, 7) is 3.12. The SMILES string of the molecule is O=C1CCC[C@H]2[C@@H]3C[C@@H](CN(Cc4c[nH]c5ncccc45)C3)[C@H](Cc3ccccc3)N12. The monoisotopic (exact) mass is 414 g/mol. The van der Waals surface area contributed by atoms with Gasteiger partial charge in [0.05, 0.1) is 0 Å². The van der Waals surface area contributed by atoms with E-state index in [2.05, 4.69) is 62.4 Å². The van der Waals surface area contributed by atoms with Crippen molar-refractivity contribution in [2.24, 2.45) is 11.8 Å². The fraction of sp³-hybridized carbons (Fsp3) is 0.462. The Morgan fingerprint density at radius 1 is 1.06 bits per heavy atom. The lowest BCUT2D eigenvalue weighted by Crippen LogP contribution is -2.65. The smallest absolute Gasteiger partial charge is 0.223 e. The highest BCUT2D eigenvalue weighted by molar-refractivity contribution is 5.79. The number of fused-ring (bicyclic) bond motifs is 5. The van der Waals surface area contributed by atoms with Gasteiger partial charge in [-0.15, -0.1) is 0 Å². The van der Waals surface area contributed by atoms with Gasteiger partial charge in [-0.25, -0.2) is 4.98 Å². The number of nitrogens with zero attached hydrogens (tertiary/aromatic N) is 3. The zero-order valence-electron chi connectivity index (χ0n) is 17.9. The van der Waals surface area contributed by atoms with E-state index >= 15 is 0 Å². The first-order chi connectivity index (χ1) is 15.3. The molecule has 3 fully saturated rings. The Morgan fingerprint density at radius 3 is 2.84 bits per heavy atom. The molecule has 1 amide bonds. The van der Waals surface area contributed by atoms with Crippen LogP contribution in [0.3, 0.4) is 0 Å². The van der Waals surface area contributed by atoms with Gasteiger partial charge in [-0.1, -0.05) is 30.3 Å². The molecular formula is C26H30N4O. The molecule has 0 radical (unpaired) electrons. The third kappa shape index (κ3) is 3.45. The summed E-state index contributed by atoms with van der Waals surface area (Å²) in [5, 5.41) is 1.23. The van der Waals surface area contributed by atoms with Crippen LogP contribution in [0.4, 0.5) is 0 Å². The second-order valence-corrected chi connectivity index (χ2v) is 9.68. The first-order valence-corrected chi connectivity index (χ1v) is 11.7. The summed E-state index contributed by atoms with van der Waals surface area (Å²) < 4.78 is 0. The first kappa shape index (κ1) is 19.1. The maximum Gasteiger partial charge on any atom is 0.223 e. The molecule has 1 aromatic carbocycles. The third-order valence-electron chi connectivity index (χ3n) is 7.79. The van der Waals surface area contributed by atoms with Crippen molar-refractivity contribution < 1.29 is 4.79 Å². The van der Waals surface area contributed by atoms with Gasteiger partial charge >= 0.3 is 0 Å². The van der Waals surface area contributed by atoms with Crippen molar-refractivity contribution in [2.45, 2.75) is 50.7 Å². The predicted octanol–water partition coefficient (Wildman–Crippen LogP) is 4.01. The largest absolute Gasteiger partial charge is 0.346 e. The number of nitrogens with one attached hydrogen (secondary N) is 1. The molecule has 3 aliphatic rings. The Balaban J connectivity index is 1.28. The van der Waals surface area contributed by atoms with E-state index in [-0.39, 0.29) is 0 Å². The van der Waals surface area contributed by atoms with Crippen molar-refractivity contribution in [3.8, 4) is 0 Å². The molecule has 5 heterocycles. The van der Waals surface area contributed by atoms with Crippen LogP contribution in [-0.4, -0.2) is 50.8 Å². The standard InChI is InChI=1S/C26H30N4O/c31-25-10-4-9-23-19-13-20(24(30(23)25)12-18-6-2-1-3-7-18)16-29(15-19)17-21-14-28-26-22(21)8-5-11-27-26/h1-3,5-8,11,14,19-20,23-24H,4,9-10,12-13,15-17H2,(H,27,28)/t19-,20+,23+,24+/m1/s1. The fourth-order valence-electron chi connectivity index (χ4n) is 6.50. The van der Waals surface area contributed by atoms with Crippen molar-refractivity contribution in [2.75, 3.05) is 13.1 Å². The molecule has 5 heteroatoms. The number of piperidine rings is 3. The van der Waals surface area contributed by atoms with Crippen molar-refractivity contribution in [1.29, 1.82) is 0 Å². The molecule has 160 valence electrons. The third-order valence-corrected chi connectivity index (χ3v) is 7.79. The topological polar surface area (TPSA) is 52.2 Å². The lowest BCUT2D eigenvalue weighted by Gasteiger charge is -2.57. The van der Waals surface area contributed by atoms with Crippen LogP contribution in [0.1, 0.15) is 36.8 Å². The van der Waals surface area contributed by atoms with Crippen molar-refractivity contribution in [3.63, 3.8) is 0 Å². The summed E-state index contributed by atoms with van der Waals surface area (Å²) in [6.07, 6.45) is 9.15. The quantitative estimate of drug-likeness (QED) is 0.702. The number of aromatic amines is 1. The molecule has 5 nitrogen and oxygen atoms in total. The van der Waals surface area contributed by atoms with E-state index in [9.17, 15) is 4.79 Å². The van der Waals surface area contributed by atoms with Crippen molar-refractivity contribution >= 4 is 16.9 Å². The van der Waals surface area contributed by atoms with E-state index in [0.717, 1.165) is 44.5 Å².